The third-order valence-corrected chi connectivity index (χ3v) is 4.20. The summed E-state index contributed by atoms with van der Waals surface area (Å²) in [5, 5.41) is 0.303. The number of aromatic nitrogens is 1. The number of rotatable bonds is 3. The van der Waals surface area contributed by atoms with Gasteiger partial charge in [-0.3, -0.25) is 9.71 Å². The second-order valence-electron chi connectivity index (χ2n) is 3.98. The lowest BCUT2D eigenvalue weighted by atomic mass is 10.3. The van der Waals surface area contributed by atoms with Crippen LogP contribution >= 0.6 is 11.6 Å². The summed E-state index contributed by atoms with van der Waals surface area (Å²) in [6.45, 7) is 1.78. The Morgan fingerprint density at radius 3 is 2.74 bits per heavy atom. The Hall–Kier alpha value is -1.79. The SMILES string of the molecule is Cc1ccncc1NS(=O)(=O)c1cc(Cl)ccc1N. The third kappa shape index (κ3) is 2.97. The molecule has 1 heterocycles. The van der Waals surface area contributed by atoms with Gasteiger partial charge in [-0.1, -0.05) is 11.6 Å². The van der Waals surface area contributed by atoms with Crippen LogP contribution < -0.4 is 10.5 Å². The topological polar surface area (TPSA) is 85.1 Å². The standard InChI is InChI=1S/C12H12ClN3O2S/c1-8-4-5-15-7-11(8)16-19(17,18)12-6-9(13)2-3-10(12)14/h2-7,16H,14H2,1H3. The van der Waals surface area contributed by atoms with E-state index in [0.29, 0.717) is 10.7 Å². The maximum Gasteiger partial charge on any atom is 0.264 e. The molecule has 0 saturated heterocycles. The van der Waals surface area contributed by atoms with Gasteiger partial charge in [-0.15, -0.1) is 0 Å². The summed E-state index contributed by atoms with van der Waals surface area (Å²) in [6.07, 6.45) is 3.02. The van der Waals surface area contributed by atoms with E-state index in [4.69, 9.17) is 17.3 Å². The lowest BCUT2D eigenvalue weighted by molar-refractivity contribution is 0.601. The number of benzene rings is 1. The Labute approximate surface area is 116 Å². The van der Waals surface area contributed by atoms with Gasteiger partial charge in [0, 0.05) is 11.2 Å². The molecule has 0 radical (unpaired) electrons. The molecule has 0 fully saturated rings. The van der Waals surface area contributed by atoms with Crippen LogP contribution in [0.15, 0.2) is 41.6 Å². The van der Waals surface area contributed by atoms with Gasteiger partial charge in [0.15, 0.2) is 0 Å². The fraction of sp³-hybridized carbons (Fsp3) is 0.0833. The Bertz CT molecular complexity index is 717. The fourth-order valence-electron chi connectivity index (χ4n) is 1.51. The van der Waals surface area contributed by atoms with E-state index >= 15 is 0 Å². The number of anilines is 2. The molecule has 2 rings (SSSR count). The Balaban J connectivity index is 2.44. The molecule has 2 aromatic rings. The van der Waals surface area contributed by atoms with E-state index in [1.54, 1.807) is 19.2 Å². The van der Waals surface area contributed by atoms with Gasteiger partial charge >= 0.3 is 0 Å². The first kappa shape index (κ1) is 13.6. The molecule has 5 nitrogen and oxygen atoms in total. The monoisotopic (exact) mass is 297 g/mol. The molecule has 0 spiro atoms. The van der Waals surface area contributed by atoms with E-state index in [2.05, 4.69) is 9.71 Å². The number of halogens is 1. The second kappa shape index (κ2) is 5.07. The highest BCUT2D eigenvalue weighted by Gasteiger charge is 2.18. The number of nitrogen functional groups attached to an aromatic ring is 1. The minimum absolute atomic E-state index is 0.0525. The molecule has 1 aromatic carbocycles. The minimum Gasteiger partial charge on any atom is -0.398 e. The maximum absolute atomic E-state index is 12.2. The number of pyridine rings is 1. The molecular formula is C12H12ClN3O2S. The summed E-state index contributed by atoms with van der Waals surface area (Å²) >= 11 is 5.80. The number of sulfonamides is 1. The van der Waals surface area contributed by atoms with E-state index < -0.39 is 10.0 Å². The summed E-state index contributed by atoms with van der Waals surface area (Å²) in [4.78, 5) is 3.83. The van der Waals surface area contributed by atoms with Crippen LogP contribution in [0.4, 0.5) is 11.4 Å². The van der Waals surface area contributed by atoms with E-state index in [0.717, 1.165) is 5.56 Å². The van der Waals surface area contributed by atoms with Gasteiger partial charge < -0.3 is 5.73 Å². The van der Waals surface area contributed by atoms with Gasteiger partial charge in [0.1, 0.15) is 4.90 Å². The maximum atomic E-state index is 12.2. The number of hydrogen-bond acceptors (Lipinski definition) is 4. The summed E-state index contributed by atoms with van der Waals surface area (Å²) in [7, 11) is -3.79. The predicted molar refractivity (Wildman–Crippen MR) is 75.6 cm³/mol. The molecule has 0 aliphatic carbocycles. The highest BCUT2D eigenvalue weighted by atomic mass is 35.5. The van der Waals surface area contributed by atoms with Crippen molar-refractivity contribution in [2.24, 2.45) is 0 Å². The van der Waals surface area contributed by atoms with E-state index in [1.165, 1.54) is 24.4 Å². The number of hydrogen-bond donors (Lipinski definition) is 2. The lowest BCUT2D eigenvalue weighted by Gasteiger charge is -2.11. The summed E-state index contributed by atoms with van der Waals surface area (Å²) in [6, 6.07) is 6.00. The van der Waals surface area contributed by atoms with Crippen LogP contribution in [0.3, 0.4) is 0 Å². The molecule has 0 bridgehead atoms. The number of nitrogens with one attached hydrogen (secondary N) is 1. The molecule has 0 aliphatic rings. The zero-order valence-corrected chi connectivity index (χ0v) is 11.7. The van der Waals surface area contributed by atoms with Crippen molar-refractivity contribution in [1.82, 2.24) is 4.98 Å². The normalized spacial score (nSPS) is 11.3. The second-order valence-corrected chi connectivity index (χ2v) is 6.07. The zero-order valence-electron chi connectivity index (χ0n) is 10.1. The average Bonchev–Trinajstić information content (AvgIpc) is 2.35. The first-order valence-electron chi connectivity index (χ1n) is 5.38. The highest BCUT2D eigenvalue weighted by Crippen LogP contribution is 2.25. The smallest absolute Gasteiger partial charge is 0.264 e. The molecule has 100 valence electrons. The van der Waals surface area contributed by atoms with E-state index in [1.807, 2.05) is 0 Å². The Morgan fingerprint density at radius 2 is 2.05 bits per heavy atom. The molecule has 0 saturated carbocycles. The number of nitrogens with zero attached hydrogens (tertiary/aromatic N) is 1. The van der Waals surface area contributed by atoms with Crippen molar-refractivity contribution in [1.29, 1.82) is 0 Å². The van der Waals surface area contributed by atoms with Crippen molar-refractivity contribution in [3.8, 4) is 0 Å². The highest BCUT2D eigenvalue weighted by molar-refractivity contribution is 7.92. The van der Waals surface area contributed by atoms with E-state index in [-0.39, 0.29) is 10.6 Å². The van der Waals surface area contributed by atoms with Gasteiger partial charge in [-0.25, -0.2) is 8.42 Å². The van der Waals surface area contributed by atoms with Gasteiger partial charge in [0.05, 0.1) is 17.6 Å². The summed E-state index contributed by atoms with van der Waals surface area (Å²) in [5.74, 6) is 0. The first-order valence-corrected chi connectivity index (χ1v) is 7.25. The van der Waals surface area contributed by atoms with Crippen molar-refractivity contribution in [2.45, 2.75) is 11.8 Å². The van der Waals surface area contributed by atoms with Crippen LogP contribution in [0.25, 0.3) is 0 Å². The van der Waals surface area contributed by atoms with Crippen molar-refractivity contribution in [2.75, 3.05) is 10.5 Å². The fourth-order valence-corrected chi connectivity index (χ4v) is 3.02. The van der Waals surface area contributed by atoms with Crippen molar-refractivity contribution in [3.63, 3.8) is 0 Å². The number of aryl methyl sites for hydroxylation is 1. The quantitative estimate of drug-likeness (QED) is 0.852. The molecule has 1 aromatic heterocycles. The van der Waals surface area contributed by atoms with E-state index in [9.17, 15) is 8.42 Å². The lowest BCUT2D eigenvalue weighted by Crippen LogP contribution is -2.15. The number of nitrogens with two attached hydrogens (primary N) is 1. The Morgan fingerprint density at radius 1 is 1.32 bits per heavy atom. The molecular weight excluding hydrogens is 286 g/mol. The molecule has 19 heavy (non-hydrogen) atoms. The first-order chi connectivity index (χ1) is 8.90. The van der Waals surface area contributed by atoms with Crippen LogP contribution in [-0.4, -0.2) is 13.4 Å². The molecule has 3 N–H and O–H groups in total. The van der Waals surface area contributed by atoms with Crippen molar-refractivity contribution < 1.29 is 8.42 Å². The third-order valence-electron chi connectivity index (χ3n) is 2.55. The van der Waals surface area contributed by atoms with Gasteiger partial charge in [-0.05, 0) is 36.8 Å². The molecule has 0 atom stereocenters. The predicted octanol–water partition coefficient (Wildman–Crippen LogP) is 2.43. The molecule has 0 amide bonds. The zero-order chi connectivity index (χ0) is 14.0. The van der Waals surface area contributed by atoms with Crippen LogP contribution in [0.5, 0.6) is 0 Å². The van der Waals surface area contributed by atoms with Crippen LogP contribution in [0.1, 0.15) is 5.56 Å². The largest absolute Gasteiger partial charge is 0.398 e. The van der Waals surface area contributed by atoms with Gasteiger partial charge in [-0.2, -0.15) is 0 Å². The average molecular weight is 298 g/mol. The minimum atomic E-state index is -3.79. The molecule has 7 heteroatoms. The van der Waals surface area contributed by atoms with Crippen molar-refractivity contribution in [3.05, 3.63) is 47.2 Å². The van der Waals surface area contributed by atoms with Crippen LogP contribution in [0, 0.1) is 6.92 Å². The molecule has 0 aliphatic heterocycles. The van der Waals surface area contributed by atoms with Crippen LogP contribution in [0.2, 0.25) is 5.02 Å². The molecule has 0 unspecified atom stereocenters. The summed E-state index contributed by atoms with van der Waals surface area (Å²) in [5.41, 5.74) is 6.98. The van der Waals surface area contributed by atoms with Gasteiger partial charge in [0.2, 0.25) is 0 Å². The summed E-state index contributed by atoms with van der Waals surface area (Å²) < 4.78 is 26.9. The Kier molecular flexibility index (Phi) is 3.64. The van der Waals surface area contributed by atoms with Crippen LogP contribution in [-0.2, 0) is 10.0 Å². The van der Waals surface area contributed by atoms with Crippen molar-refractivity contribution >= 4 is 33.0 Å². The van der Waals surface area contributed by atoms with Gasteiger partial charge in [0.25, 0.3) is 10.0 Å².